The SMILES string of the molecule is Cc1ccc2c(c1)c(-c1cc3c(ncc4cnn(C)c43)[nH]1)cn2C. The minimum absolute atomic E-state index is 0.894. The number of nitrogens with zero attached hydrogens (tertiary/aromatic N) is 4. The number of H-pyrrole nitrogens is 1. The summed E-state index contributed by atoms with van der Waals surface area (Å²) < 4.78 is 4.08. The molecule has 0 bridgehead atoms. The van der Waals surface area contributed by atoms with Gasteiger partial charge in [-0.3, -0.25) is 4.68 Å². The highest BCUT2D eigenvalue weighted by Gasteiger charge is 2.14. The van der Waals surface area contributed by atoms with Crippen LogP contribution >= 0.6 is 0 Å². The molecule has 1 N–H and O–H groups in total. The van der Waals surface area contributed by atoms with Crippen molar-refractivity contribution in [2.75, 3.05) is 0 Å². The zero-order valence-electron chi connectivity index (χ0n) is 13.8. The number of aromatic amines is 1. The molecular weight excluding hydrogens is 298 g/mol. The summed E-state index contributed by atoms with van der Waals surface area (Å²) in [6, 6.07) is 8.75. The second-order valence-corrected chi connectivity index (χ2v) is 6.45. The molecule has 0 spiro atoms. The second kappa shape index (κ2) is 4.47. The van der Waals surface area contributed by atoms with E-state index in [9.17, 15) is 0 Å². The van der Waals surface area contributed by atoms with Crippen LogP contribution < -0.4 is 0 Å². The van der Waals surface area contributed by atoms with E-state index >= 15 is 0 Å². The molecule has 0 aliphatic rings. The molecule has 5 heteroatoms. The van der Waals surface area contributed by atoms with Crippen LogP contribution in [-0.4, -0.2) is 24.3 Å². The van der Waals surface area contributed by atoms with Gasteiger partial charge in [0.1, 0.15) is 5.65 Å². The van der Waals surface area contributed by atoms with E-state index in [1.54, 1.807) is 0 Å². The Morgan fingerprint density at radius 3 is 2.79 bits per heavy atom. The summed E-state index contributed by atoms with van der Waals surface area (Å²) in [5.41, 5.74) is 6.78. The number of benzene rings is 1. The predicted molar refractivity (Wildman–Crippen MR) is 97.0 cm³/mol. The highest BCUT2D eigenvalue weighted by Crippen LogP contribution is 2.33. The Kier molecular flexibility index (Phi) is 2.49. The molecule has 0 atom stereocenters. The lowest BCUT2D eigenvalue weighted by molar-refractivity contribution is 0.799. The highest BCUT2D eigenvalue weighted by atomic mass is 15.2. The molecule has 0 aliphatic heterocycles. The summed E-state index contributed by atoms with van der Waals surface area (Å²) in [4.78, 5) is 8.04. The predicted octanol–water partition coefficient (Wildman–Crippen LogP) is 3.92. The van der Waals surface area contributed by atoms with E-state index in [1.807, 2.05) is 24.1 Å². The minimum Gasteiger partial charge on any atom is -0.350 e. The first-order chi connectivity index (χ1) is 11.6. The van der Waals surface area contributed by atoms with Crippen molar-refractivity contribution >= 4 is 32.8 Å². The van der Waals surface area contributed by atoms with Crippen molar-refractivity contribution in [1.82, 2.24) is 24.3 Å². The summed E-state index contributed by atoms with van der Waals surface area (Å²) in [7, 11) is 4.05. The van der Waals surface area contributed by atoms with Gasteiger partial charge in [-0.25, -0.2) is 4.98 Å². The highest BCUT2D eigenvalue weighted by molar-refractivity contribution is 6.06. The Balaban J connectivity index is 1.85. The van der Waals surface area contributed by atoms with Crippen molar-refractivity contribution in [3.05, 3.63) is 48.4 Å². The maximum Gasteiger partial charge on any atom is 0.139 e. The van der Waals surface area contributed by atoms with Gasteiger partial charge in [0.05, 0.1) is 11.7 Å². The molecule has 0 saturated carbocycles. The Hall–Kier alpha value is -3.08. The van der Waals surface area contributed by atoms with Gasteiger partial charge in [-0.2, -0.15) is 5.10 Å². The monoisotopic (exact) mass is 315 g/mol. The van der Waals surface area contributed by atoms with Crippen LogP contribution in [0.25, 0.3) is 44.1 Å². The molecule has 1 aromatic carbocycles. The molecule has 0 aliphatic carbocycles. The van der Waals surface area contributed by atoms with Gasteiger partial charge < -0.3 is 9.55 Å². The zero-order chi connectivity index (χ0) is 16.4. The number of aryl methyl sites for hydroxylation is 3. The number of hydrogen-bond acceptors (Lipinski definition) is 2. The Labute approximate surface area is 138 Å². The Morgan fingerprint density at radius 2 is 1.92 bits per heavy atom. The minimum atomic E-state index is 0.894. The largest absolute Gasteiger partial charge is 0.350 e. The maximum absolute atomic E-state index is 4.56. The van der Waals surface area contributed by atoms with E-state index in [0.29, 0.717) is 0 Å². The quantitative estimate of drug-likeness (QED) is 0.510. The first-order valence-corrected chi connectivity index (χ1v) is 7.97. The topological polar surface area (TPSA) is 51.4 Å². The average molecular weight is 315 g/mol. The van der Waals surface area contributed by atoms with Crippen LogP contribution in [0.3, 0.4) is 0 Å². The van der Waals surface area contributed by atoms with Crippen molar-refractivity contribution in [1.29, 1.82) is 0 Å². The molecule has 5 rings (SSSR count). The fourth-order valence-electron chi connectivity index (χ4n) is 3.60. The number of fused-ring (bicyclic) bond motifs is 4. The molecule has 0 fully saturated rings. The van der Waals surface area contributed by atoms with Crippen molar-refractivity contribution in [3.8, 4) is 11.3 Å². The fraction of sp³-hybridized carbons (Fsp3) is 0.158. The second-order valence-electron chi connectivity index (χ2n) is 6.45. The average Bonchev–Trinajstić information content (AvgIpc) is 3.23. The molecule has 0 radical (unpaired) electrons. The number of pyridine rings is 1. The van der Waals surface area contributed by atoms with Crippen LogP contribution in [0.15, 0.2) is 42.9 Å². The summed E-state index contributed by atoms with van der Waals surface area (Å²) >= 11 is 0. The molecule has 118 valence electrons. The van der Waals surface area contributed by atoms with Crippen molar-refractivity contribution in [2.24, 2.45) is 14.1 Å². The van der Waals surface area contributed by atoms with Gasteiger partial charge in [-0.05, 0) is 25.1 Å². The molecular formula is C19H17N5. The Morgan fingerprint density at radius 1 is 1.04 bits per heavy atom. The zero-order valence-corrected chi connectivity index (χ0v) is 13.8. The van der Waals surface area contributed by atoms with E-state index in [1.165, 1.54) is 22.0 Å². The Bertz CT molecular complexity index is 1240. The van der Waals surface area contributed by atoms with E-state index in [-0.39, 0.29) is 0 Å². The fourth-order valence-corrected chi connectivity index (χ4v) is 3.60. The lowest BCUT2D eigenvalue weighted by atomic mass is 10.1. The van der Waals surface area contributed by atoms with Crippen LogP contribution in [0, 0.1) is 6.92 Å². The van der Waals surface area contributed by atoms with Crippen LogP contribution in [0.1, 0.15) is 5.56 Å². The standard InChI is InChI=1S/C19H17N5/c1-11-4-5-17-13(6-11)15(10-23(17)2)16-7-14-18-12(9-21-24(18)3)8-20-19(14)22-16/h4-10H,1-3H3,(H,20,22). The first kappa shape index (κ1) is 13.4. The van der Waals surface area contributed by atoms with E-state index < -0.39 is 0 Å². The summed E-state index contributed by atoms with van der Waals surface area (Å²) in [5.74, 6) is 0. The normalized spacial score (nSPS) is 12.0. The van der Waals surface area contributed by atoms with E-state index in [0.717, 1.165) is 27.6 Å². The molecule has 4 heterocycles. The van der Waals surface area contributed by atoms with Gasteiger partial charge in [0.2, 0.25) is 0 Å². The summed E-state index contributed by atoms with van der Waals surface area (Å²) in [5, 5.41) is 7.77. The third-order valence-electron chi connectivity index (χ3n) is 4.79. The van der Waals surface area contributed by atoms with Gasteiger partial charge in [0.15, 0.2) is 0 Å². The lowest BCUT2D eigenvalue weighted by Crippen LogP contribution is -1.89. The van der Waals surface area contributed by atoms with E-state index in [2.05, 4.69) is 64.1 Å². The van der Waals surface area contributed by atoms with Gasteiger partial charge >= 0.3 is 0 Å². The number of nitrogens with one attached hydrogen (secondary N) is 1. The lowest BCUT2D eigenvalue weighted by Gasteiger charge is -1.98. The molecule has 0 saturated heterocycles. The van der Waals surface area contributed by atoms with Crippen LogP contribution in [0.2, 0.25) is 0 Å². The summed E-state index contributed by atoms with van der Waals surface area (Å²) in [6.45, 7) is 2.13. The number of rotatable bonds is 1. The smallest absolute Gasteiger partial charge is 0.139 e. The van der Waals surface area contributed by atoms with Gasteiger partial charge in [0.25, 0.3) is 0 Å². The molecule has 5 nitrogen and oxygen atoms in total. The maximum atomic E-state index is 4.56. The number of aromatic nitrogens is 5. The summed E-state index contributed by atoms with van der Waals surface area (Å²) in [6.07, 6.45) is 5.91. The van der Waals surface area contributed by atoms with Crippen LogP contribution in [0.5, 0.6) is 0 Å². The van der Waals surface area contributed by atoms with Gasteiger partial charge in [-0.1, -0.05) is 11.6 Å². The van der Waals surface area contributed by atoms with E-state index in [4.69, 9.17) is 0 Å². The van der Waals surface area contributed by atoms with Crippen LogP contribution in [0.4, 0.5) is 0 Å². The van der Waals surface area contributed by atoms with Crippen LogP contribution in [-0.2, 0) is 14.1 Å². The molecule has 4 aromatic heterocycles. The van der Waals surface area contributed by atoms with Crippen molar-refractivity contribution in [3.63, 3.8) is 0 Å². The molecule has 0 amide bonds. The molecule has 5 aromatic rings. The van der Waals surface area contributed by atoms with Crippen molar-refractivity contribution in [2.45, 2.75) is 6.92 Å². The third kappa shape index (κ3) is 1.69. The number of hydrogen-bond donors (Lipinski definition) is 1. The first-order valence-electron chi connectivity index (χ1n) is 7.97. The van der Waals surface area contributed by atoms with Gasteiger partial charge in [-0.15, -0.1) is 0 Å². The van der Waals surface area contributed by atoms with Gasteiger partial charge in [0, 0.05) is 59.4 Å². The molecule has 24 heavy (non-hydrogen) atoms. The van der Waals surface area contributed by atoms with Crippen molar-refractivity contribution < 1.29 is 0 Å². The third-order valence-corrected chi connectivity index (χ3v) is 4.79. The molecule has 0 unspecified atom stereocenters.